The number of carbonyl (C=O) groups is 1. The molecule has 3 aliphatic rings. The molecule has 5 rings (SSSR count). The molecule has 1 saturated heterocycles. The zero-order valence-electron chi connectivity index (χ0n) is 19.2. The molecule has 0 spiro atoms. The van der Waals surface area contributed by atoms with E-state index in [1.54, 1.807) is 0 Å². The summed E-state index contributed by atoms with van der Waals surface area (Å²) in [7, 11) is 0. The van der Waals surface area contributed by atoms with Gasteiger partial charge in [0.15, 0.2) is 0 Å². The van der Waals surface area contributed by atoms with Crippen molar-refractivity contribution in [3.05, 3.63) is 83.0 Å². The lowest BCUT2D eigenvalue weighted by Crippen LogP contribution is -2.52. The predicted octanol–water partition coefficient (Wildman–Crippen LogP) is 7.24. The van der Waals surface area contributed by atoms with Crippen LogP contribution in [-0.4, -0.2) is 29.7 Å². The second kappa shape index (κ2) is 8.97. The lowest BCUT2D eigenvalue weighted by Gasteiger charge is -2.44. The molecule has 2 aromatic carbocycles. The first kappa shape index (κ1) is 21.1. The van der Waals surface area contributed by atoms with Crippen LogP contribution in [0.2, 0.25) is 0 Å². The van der Waals surface area contributed by atoms with Crippen LogP contribution in [0.15, 0.2) is 71.8 Å². The van der Waals surface area contributed by atoms with Crippen molar-refractivity contribution >= 4 is 6.09 Å². The van der Waals surface area contributed by atoms with Gasteiger partial charge in [-0.05, 0) is 74.6 Å². The molecule has 1 aliphatic carbocycles. The fourth-order valence-corrected chi connectivity index (χ4v) is 5.80. The third-order valence-corrected chi connectivity index (χ3v) is 7.28. The number of ether oxygens (including phenoxy) is 1. The van der Waals surface area contributed by atoms with Crippen molar-refractivity contribution in [3.63, 3.8) is 0 Å². The summed E-state index contributed by atoms with van der Waals surface area (Å²) in [5.41, 5.74) is 7.95. The molecular formula is C29H33NO2. The summed E-state index contributed by atoms with van der Waals surface area (Å²) in [6.45, 7) is 4.71. The van der Waals surface area contributed by atoms with Crippen LogP contribution in [0.1, 0.15) is 69.4 Å². The number of nitrogens with zero attached hydrogens (tertiary/aromatic N) is 1. The summed E-state index contributed by atoms with van der Waals surface area (Å²) >= 11 is 0. The number of carbonyl (C=O) groups excluding carboxylic acids is 1. The number of piperidine rings is 1. The highest BCUT2D eigenvalue weighted by Gasteiger charge is 2.38. The smallest absolute Gasteiger partial charge is 0.410 e. The Labute approximate surface area is 191 Å². The van der Waals surface area contributed by atoms with E-state index in [9.17, 15) is 4.79 Å². The largest absolute Gasteiger partial charge is 0.448 e. The van der Waals surface area contributed by atoms with Gasteiger partial charge in [-0.25, -0.2) is 4.79 Å². The predicted molar refractivity (Wildman–Crippen MR) is 130 cm³/mol. The van der Waals surface area contributed by atoms with E-state index in [4.69, 9.17) is 4.74 Å². The molecule has 2 aromatic rings. The number of allylic oxidation sites excluding steroid dienone is 2. The van der Waals surface area contributed by atoms with E-state index in [-0.39, 0.29) is 24.1 Å². The van der Waals surface area contributed by atoms with Crippen LogP contribution in [-0.2, 0) is 4.74 Å². The minimum atomic E-state index is -0.138. The molecular weight excluding hydrogens is 394 g/mol. The van der Waals surface area contributed by atoms with Gasteiger partial charge < -0.3 is 4.74 Å². The monoisotopic (exact) mass is 427 g/mol. The van der Waals surface area contributed by atoms with Gasteiger partial charge in [0.2, 0.25) is 0 Å². The van der Waals surface area contributed by atoms with Crippen molar-refractivity contribution in [2.75, 3.05) is 6.61 Å². The Kier molecular flexibility index (Phi) is 5.91. The maximum absolute atomic E-state index is 13.3. The van der Waals surface area contributed by atoms with Crippen molar-refractivity contribution in [1.29, 1.82) is 0 Å². The lowest BCUT2D eigenvalue weighted by molar-refractivity contribution is 0.0507. The van der Waals surface area contributed by atoms with E-state index < -0.39 is 0 Å². The molecule has 2 aliphatic heterocycles. The minimum Gasteiger partial charge on any atom is -0.448 e. The Hall–Kier alpha value is -2.81. The molecule has 0 radical (unpaired) electrons. The van der Waals surface area contributed by atoms with Crippen molar-refractivity contribution < 1.29 is 9.53 Å². The molecule has 32 heavy (non-hydrogen) atoms. The Balaban J connectivity index is 1.29. The molecule has 2 unspecified atom stereocenters. The van der Waals surface area contributed by atoms with Crippen LogP contribution in [0.5, 0.6) is 0 Å². The first-order valence-corrected chi connectivity index (χ1v) is 12.1. The van der Waals surface area contributed by atoms with E-state index in [0.29, 0.717) is 6.61 Å². The van der Waals surface area contributed by atoms with Crippen LogP contribution < -0.4 is 0 Å². The molecule has 3 nitrogen and oxygen atoms in total. The Bertz CT molecular complexity index is 1020. The fraction of sp³-hybridized carbons (Fsp3) is 0.414. The summed E-state index contributed by atoms with van der Waals surface area (Å²) < 4.78 is 6.01. The highest BCUT2D eigenvalue weighted by molar-refractivity contribution is 5.79. The van der Waals surface area contributed by atoms with Crippen LogP contribution in [0.3, 0.4) is 0 Å². The van der Waals surface area contributed by atoms with Crippen LogP contribution in [0.4, 0.5) is 4.79 Å². The summed E-state index contributed by atoms with van der Waals surface area (Å²) in [6, 6.07) is 17.5. The number of hydrogen-bond acceptors (Lipinski definition) is 2. The minimum absolute atomic E-state index is 0.117. The van der Waals surface area contributed by atoms with Gasteiger partial charge in [-0.15, -0.1) is 0 Å². The topological polar surface area (TPSA) is 29.5 Å². The molecule has 0 saturated carbocycles. The van der Waals surface area contributed by atoms with Gasteiger partial charge >= 0.3 is 6.09 Å². The molecule has 0 N–H and O–H groups in total. The first-order chi connectivity index (χ1) is 15.6. The highest BCUT2D eigenvalue weighted by atomic mass is 16.6. The number of fused-ring (bicyclic) bond motifs is 5. The van der Waals surface area contributed by atoms with Gasteiger partial charge in [0.1, 0.15) is 6.61 Å². The summed E-state index contributed by atoms with van der Waals surface area (Å²) in [6.07, 6.45) is 11.1. The number of rotatable bonds is 5. The van der Waals surface area contributed by atoms with Crippen molar-refractivity contribution in [1.82, 2.24) is 4.90 Å². The van der Waals surface area contributed by atoms with Crippen molar-refractivity contribution in [3.8, 4) is 11.1 Å². The molecule has 166 valence electrons. The van der Waals surface area contributed by atoms with E-state index >= 15 is 0 Å². The van der Waals surface area contributed by atoms with E-state index in [2.05, 4.69) is 74.5 Å². The fourth-order valence-electron chi connectivity index (χ4n) is 5.80. The summed E-state index contributed by atoms with van der Waals surface area (Å²) in [4.78, 5) is 15.3. The average Bonchev–Trinajstić information content (AvgIpc) is 3.10. The maximum Gasteiger partial charge on any atom is 0.410 e. The second-order valence-corrected chi connectivity index (χ2v) is 9.71. The standard InChI is InChI=1S/C29H33NO2/c1-20(2)9-7-10-21-17-22-11-8-12-23(18-21)30(22)29(31)32-19-28-26-15-5-3-13-24(26)25-14-4-6-16-27(25)28/h3-6,9,13-17,22-23,28H,7-8,10-12,18-19H2,1-2H3. The van der Waals surface area contributed by atoms with E-state index in [1.807, 2.05) is 4.90 Å². The SMILES string of the molecule is CC(C)=CCCC1=CC2CCCC(C1)N2C(=O)OCC1c2ccccc2-c2ccccc21. The summed E-state index contributed by atoms with van der Waals surface area (Å²) in [5, 5.41) is 0. The molecule has 1 amide bonds. The van der Waals surface area contributed by atoms with Gasteiger partial charge in [-0.3, -0.25) is 4.90 Å². The Morgan fingerprint density at radius 1 is 1.03 bits per heavy atom. The zero-order chi connectivity index (χ0) is 22.1. The van der Waals surface area contributed by atoms with Gasteiger partial charge in [0, 0.05) is 12.0 Å². The lowest BCUT2D eigenvalue weighted by atomic mass is 9.84. The molecule has 1 fully saturated rings. The highest BCUT2D eigenvalue weighted by Crippen LogP contribution is 2.44. The Morgan fingerprint density at radius 2 is 1.72 bits per heavy atom. The van der Waals surface area contributed by atoms with E-state index in [0.717, 1.165) is 32.1 Å². The quantitative estimate of drug-likeness (QED) is 0.471. The number of amides is 1. The first-order valence-electron chi connectivity index (χ1n) is 12.1. The van der Waals surface area contributed by atoms with Gasteiger partial charge in [-0.2, -0.15) is 0 Å². The maximum atomic E-state index is 13.3. The van der Waals surface area contributed by atoms with Crippen molar-refractivity contribution in [2.45, 2.75) is 70.4 Å². The second-order valence-electron chi connectivity index (χ2n) is 9.71. The van der Waals surface area contributed by atoms with Crippen molar-refractivity contribution in [2.24, 2.45) is 0 Å². The van der Waals surface area contributed by atoms with Crippen LogP contribution in [0.25, 0.3) is 11.1 Å². The number of benzene rings is 2. The molecule has 2 heterocycles. The normalized spacial score (nSPS) is 21.4. The molecule has 0 aromatic heterocycles. The molecule has 2 bridgehead atoms. The zero-order valence-corrected chi connectivity index (χ0v) is 19.2. The number of hydrogen-bond donors (Lipinski definition) is 0. The molecule has 2 atom stereocenters. The Morgan fingerprint density at radius 3 is 2.38 bits per heavy atom. The van der Waals surface area contributed by atoms with Gasteiger partial charge in [0.25, 0.3) is 0 Å². The third-order valence-electron chi connectivity index (χ3n) is 7.28. The average molecular weight is 428 g/mol. The van der Waals surface area contributed by atoms with E-state index in [1.165, 1.54) is 39.8 Å². The van der Waals surface area contributed by atoms with Gasteiger partial charge in [-0.1, -0.05) is 71.8 Å². The van der Waals surface area contributed by atoms with Crippen LogP contribution >= 0.6 is 0 Å². The third kappa shape index (κ3) is 4.01. The van der Waals surface area contributed by atoms with Crippen LogP contribution in [0, 0.1) is 0 Å². The summed E-state index contributed by atoms with van der Waals surface area (Å²) in [5.74, 6) is 0.117. The molecule has 3 heteroatoms. The van der Waals surface area contributed by atoms with Gasteiger partial charge in [0.05, 0.1) is 6.04 Å².